The molecule has 0 aromatic heterocycles. The Balaban J connectivity index is 4.64. The molecule has 0 aliphatic heterocycles. The van der Waals surface area contributed by atoms with Gasteiger partial charge in [0, 0.05) is 19.3 Å². The fourth-order valence-electron chi connectivity index (χ4n) is 6.12. The summed E-state index contributed by atoms with van der Waals surface area (Å²) in [4.78, 5) is 38.0. The minimum absolute atomic E-state index is 0.138. The van der Waals surface area contributed by atoms with Crippen molar-refractivity contribution in [3.05, 3.63) is 170 Å². The molecular formula is C61H90O6. The van der Waals surface area contributed by atoms with Gasteiger partial charge < -0.3 is 14.2 Å². The van der Waals surface area contributed by atoms with Gasteiger partial charge in [-0.05, 0) is 89.9 Å². The number of unbranched alkanes of at least 4 members (excludes halogenated alkanes) is 11. The van der Waals surface area contributed by atoms with Crippen molar-refractivity contribution in [2.75, 3.05) is 13.2 Å². The van der Waals surface area contributed by atoms with Crippen molar-refractivity contribution in [3.63, 3.8) is 0 Å². The maximum Gasteiger partial charge on any atom is 0.306 e. The molecule has 6 heteroatoms. The highest BCUT2D eigenvalue weighted by Crippen LogP contribution is 2.11. The molecule has 370 valence electrons. The Kier molecular flexibility index (Phi) is 49.2. The number of allylic oxidation sites excluding steroid dienone is 28. The molecule has 0 rings (SSSR count). The van der Waals surface area contributed by atoms with Crippen LogP contribution < -0.4 is 0 Å². The average molecular weight is 919 g/mol. The van der Waals surface area contributed by atoms with E-state index in [1.54, 1.807) is 0 Å². The van der Waals surface area contributed by atoms with Crippen LogP contribution in [0.2, 0.25) is 0 Å². The Morgan fingerprint density at radius 2 is 0.687 bits per heavy atom. The third-order valence-corrected chi connectivity index (χ3v) is 9.90. The second-order valence-corrected chi connectivity index (χ2v) is 16.2. The molecule has 6 nitrogen and oxygen atoms in total. The molecule has 1 unspecified atom stereocenters. The monoisotopic (exact) mass is 919 g/mol. The van der Waals surface area contributed by atoms with Crippen molar-refractivity contribution in [1.29, 1.82) is 0 Å². The van der Waals surface area contributed by atoms with Gasteiger partial charge in [0.2, 0.25) is 0 Å². The Hall–Kier alpha value is -5.23. The van der Waals surface area contributed by atoms with Crippen LogP contribution in [0.15, 0.2) is 170 Å². The van der Waals surface area contributed by atoms with Gasteiger partial charge in [-0.3, -0.25) is 14.4 Å². The van der Waals surface area contributed by atoms with Crippen LogP contribution in [0, 0.1) is 0 Å². The van der Waals surface area contributed by atoms with Gasteiger partial charge in [-0.25, -0.2) is 0 Å². The van der Waals surface area contributed by atoms with Gasteiger partial charge in [0.05, 0.1) is 0 Å². The van der Waals surface area contributed by atoms with E-state index < -0.39 is 12.1 Å². The summed E-state index contributed by atoms with van der Waals surface area (Å²) in [7, 11) is 0. The fourth-order valence-corrected chi connectivity index (χ4v) is 6.12. The third-order valence-electron chi connectivity index (χ3n) is 9.90. The van der Waals surface area contributed by atoms with Gasteiger partial charge in [-0.1, -0.05) is 236 Å². The lowest BCUT2D eigenvalue weighted by Crippen LogP contribution is -2.30. The van der Waals surface area contributed by atoms with Crippen LogP contribution in [-0.2, 0) is 28.6 Å². The summed E-state index contributed by atoms with van der Waals surface area (Å²) in [5.74, 6) is -1.08. The van der Waals surface area contributed by atoms with E-state index >= 15 is 0 Å². The van der Waals surface area contributed by atoms with Crippen molar-refractivity contribution in [1.82, 2.24) is 0 Å². The van der Waals surface area contributed by atoms with Gasteiger partial charge in [0.15, 0.2) is 6.10 Å². The van der Waals surface area contributed by atoms with Crippen molar-refractivity contribution < 1.29 is 28.6 Å². The quantitative estimate of drug-likeness (QED) is 0.0199. The van der Waals surface area contributed by atoms with Crippen LogP contribution in [0.5, 0.6) is 0 Å². The largest absolute Gasteiger partial charge is 0.462 e. The smallest absolute Gasteiger partial charge is 0.306 e. The molecule has 0 aliphatic carbocycles. The maximum absolute atomic E-state index is 12.8. The molecule has 0 fully saturated rings. The maximum atomic E-state index is 12.8. The van der Waals surface area contributed by atoms with E-state index in [2.05, 4.69) is 118 Å². The lowest BCUT2D eigenvalue weighted by atomic mass is 10.1. The first-order chi connectivity index (χ1) is 33.0. The summed E-state index contributed by atoms with van der Waals surface area (Å²) in [5.41, 5.74) is 0. The van der Waals surface area contributed by atoms with Gasteiger partial charge >= 0.3 is 17.9 Å². The standard InChI is InChI=1S/C61H90O6/c1-4-7-10-13-16-19-22-25-28-30-31-34-36-39-42-45-48-51-54-60(63)66-57-58(56-65-59(62)53-50-47-44-41-38-35-32-27-24-21-18-15-12-9-6-3)67-61(64)55-52-49-46-43-40-37-33-29-26-23-20-17-14-11-8-5-2/h8-13,15-22,24-32,34,37,40,46,49,58H,4-7,14,23,33,35-36,38-39,41-45,47-48,50-57H2,1-3H3/b11-8-,12-9-,13-10-,18-15-,19-16-,20-17-,24-21-,25-22-,29-26-,30-28-,32-27-,34-31-,40-37-,49-46-. The molecule has 67 heavy (non-hydrogen) atoms. The van der Waals surface area contributed by atoms with Crippen LogP contribution in [0.1, 0.15) is 175 Å². The van der Waals surface area contributed by atoms with Crippen LogP contribution >= 0.6 is 0 Å². The molecular weight excluding hydrogens is 829 g/mol. The normalized spacial score (nSPS) is 13.5. The SMILES string of the molecule is CC\C=C/C=C\C=C/C=C\CCCCCCCC(=O)OCC(COC(=O)CCCCCCC\C=C/C=C\C=C/C=C\C=C/CCC)OC(=O)CC/C=C\C/C=C\C/C=C\C/C=C\C/C=C\CC. The lowest BCUT2D eigenvalue weighted by Gasteiger charge is -2.18. The van der Waals surface area contributed by atoms with E-state index in [1.165, 1.54) is 6.42 Å². The van der Waals surface area contributed by atoms with E-state index in [4.69, 9.17) is 14.2 Å². The minimum atomic E-state index is -0.848. The van der Waals surface area contributed by atoms with Crippen LogP contribution in [0.4, 0.5) is 0 Å². The molecule has 0 saturated carbocycles. The van der Waals surface area contributed by atoms with E-state index in [1.807, 2.05) is 72.9 Å². The Morgan fingerprint density at radius 3 is 1.12 bits per heavy atom. The predicted molar refractivity (Wildman–Crippen MR) is 288 cm³/mol. The zero-order valence-electron chi connectivity index (χ0n) is 42.1. The molecule has 0 aliphatic rings. The second kappa shape index (κ2) is 53.4. The topological polar surface area (TPSA) is 78.9 Å². The fraction of sp³-hybridized carbons (Fsp3) is 0.492. The van der Waals surface area contributed by atoms with E-state index in [0.717, 1.165) is 122 Å². The Labute approximate surface area is 409 Å². The molecule has 0 heterocycles. The average Bonchev–Trinajstić information content (AvgIpc) is 3.33. The van der Waals surface area contributed by atoms with E-state index in [-0.39, 0.29) is 31.6 Å². The second-order valence-electron chi connectivity index (χ2n) is 16.2. The molecule has 0 radical (unpaired) electrons. The van der Waals surface area contributed by atoms with Crippen molar-refractivity contribution in [2.24, 2.45) is 0 Å². The summed E-state index contributed by atoms with van der Waals surface area (Å²) in [6.07, 6.45) is 79.1. The minimum Gasteiger partial charge on any atom is -0.462 e. The van der Waals surface area contributed by atoms with Gasteiger partial charge in [0.25, 0.3) is 0 Å². The highest BCUT2D eigenvalue weighted by atomic mass is 16.6. The van der Waals surface area contributed by atoms with Gasteiger partial charge in [-0.2, -0.15) is 0 Å². The molecule has 1 atom stereocenters. The number of hydrogen-bond acceptors (Lipinski definition) is 6. The molecule has 0 amide bonds. The number of rotatable bonds is 43. The summed E-state index contributed by atoms with van der Waals surface area (Å²) in [6.45, 7) is 6.16. The summed E-state index contributed by atoms with van der Waals surface area (Å²) >= 11 is 0. The number of carbonyl (C=O) groups excluding carboxylic acids is 3. The molecule has 0 aromatic carbocycles. The predicted octanol–water partition coefficient (Wildman–Crippen LogP) is 17.2. The molecule has 0 spiro atoms. The first-order valence-electron chi connectivity index (χ1n) is 25.8. The number of hydrogen-bond donors (Lipinski definition) is 0. The van der Waals surface area contributed by atoms with Gasteiger partial charge in [-0.15, -0.1) is 0 Å². The van der Waals surface area contributed by atoms with Crippen molar-refractivity contribution in [3.8, 4) is 0 Å². The highest BCUT2D eigenvalue weighted by Gasteiger charge is 2.19. The van der Waals surface area contributed by atoms with Crippen LogP contribution in [-0.4, -0.2) is 37.2 Å². The first-order valence-corrected chi connectivity index (χ1v) is 25.8. The molecule has 0 aromatic rings. The van der Waals surface area contributed by atoms with Gasteiger partial charge in [0.1, 0.15) is 13.2 Å². The summed E-state index contributed by atoms with van der Waals surface area (Å²) < 4.78 is 16.7. The van der Waals surface area contributed by atoms with E-state index in [9.17, 15) is 14.4 Å². The number of ether oxygens (including phenoxy) is 3. The summed E-state index contributed by atoms with van der Waals surface area (Å²) in [5, 5.41) is 0. The van der Waals surface area contributed by atoms with Crippen molar-refractivity contribution in [2.45, 2.75) is 181 Å². The highest BCUT2D eigenvalue weighted by molar-refractivity contribution is 5.71. The van der Waals surface area contributed by atoms with Crippen LogP contribution in [0.25, 0.3) is 0 Å². The van der Waals surface area contributed by atoms with Crippen molar-refractivity contribution >= 4 is 17.9 Å². The zero-order valence-corrected chi connectivity index (χ0v) is 42.1. The zero-order chi connectivity index (χ0) is 48.6. The first kappa shape index (κ1) is 61.8. The third kappa shape index (κ3) is 51.6. The molecule has 0 bridgehead atoms. The Bertz CT molecular complexity index is 1620. The number of esters is 3. The number of carbonyl (C=O) groups is 3. The van der Waals surface area contributed by atoms with Crippen LogP contribution in [0.3, 0.4) is 0 Å². The Morgan fingerprint density at radius 1 is 0.328 bits per heavy atom. The summed E-state index contributed by atoms with van der Waals surface area (Å²) in [6, 6.07) is 0. The molecule has 0 N–H and O–H groups in total. The lowest BCUT2D eigenvalue weighted by molar-refractivity contribution is -0.166. The van der Waals surface area contributed by atoms with E-state index in [0.29, 0.717) is 19.3 Å². The molecule has 0 saturated heterocycles.